The summed E-state index contributed by atoms with van der Waals surface area (Å²) in [5.41, 5.74) is 1.28. The molecule has 1 aromatic rings. The Morgan fingerprint density at radius 2 is 2.22 bits per heavy atom. The van der Waals surface area contributed by atoms with Crippen LogP contribution in [0.4, 0.5) is 0 Å². The van der Waals surface area contributed by atoms with Gasteiger partial charge >= 0.3 is 0 Å². The molecule has 1 heterocycles. The van der Waals surface area contributed by atoms with Crippen LogP contribution in [-0.2, 0) is 0 Å². The first-order valence-electron chi connectivity index (χ1n) is 6.96. The maximum Gasteiger partial charge on any atom is 0.160 e. The standard InChI is InChI=1S/C14H25N3O/c1-10(2)17-14(13(18-4)9-16-17)11-6-5-7-12(8-11)15-3/h9-12,15H,5-8H2,1-4H3. The van der Waals surface area contributed by atoms with Crippen molar-refractivity contribution in [3.63, 3.8) is 0 Å². The van der Waals surface area contributed by atoms with Gasteiger partial charge < -0.3 is 10.1 Å². The molecule has 1 fully saturated rings. The van der Waals surface area contributed by atoms with Crippen LogP contribution in [0.1, 0.15) is 57.2 Å². The highest BCUT2D eigenvalue weighted by atomic mass is 16.5. The summed E-state index contributed by atoms with van der Waals surface area (Å²) in [5.74, 6) is 1.52. The van der Waals surface area contributed by atoms with Gasteiger partial charge in [0.25, 0.3) is 0 Å². The minimum absolute atomic E-state index is 0.388. The van der Waals surface area contributed by atoms with Gasteiger partial charge in [0.2, 0.25) is 0 Å². The first-order chi connectivity index (χ1) is 8.67. The molecule has 2 atom stereocenters. The Morgan fingerprint density at radius 3 is 2.83 bits per heavy atom. The van der Waals surface area contributed by atoms with Crippen molar-refractivity contribution in [3.8, 4) is 5.75 Å². The molecule has 1 N–H and O–H groups in total. The van der Waals surface area contributed by atoms with Crippen LogP contribution >= 0.6 is 0 Å². The highest BCUT2D eigenvalue weighted by Crippen LogP contribution is 2.38. The molecule has 4 nitrogen and oxygen atoms in total. The second-order valence-electron chi connectivity index (χ2n) is 5.49. The third-order valence-electron chi connectivity index (χ3n) is 3.98. The highest BCUT2D eigenvalue weighted by molar-refractivity contribution is 5.29. The zero-order valence-corrected chi connectivity index (χ0v) is 11.9. The minimum atomic E-state index is 0.388. The van der Waals surface area contributed by atoms with Crippen LogP contribution in [0.25, 0.3) is 0 Å². The largest absolute Gasteiger partial charge is 0.493 e. The smallest absolute Gasteiger partial charge is 0.160 e. The van der Waals surface area contributed by atoms with E-state index in [1.54, 1.807) is 7.11 Å². The number of hydrogen-bond acceptors (Lipinski definition) is 3. The topological polar surface area (TPSA) is 39.1 Å². The molecule has 0 aliphatic heterocycles. The van der Waals surface area contributed by atoms with Gasteiger partial charge in [-0.3, -0.25) is 4.68 Å². The van der Waals surface area contributed by atoms with E-state index < -0.39 is 0 Å². The summed E-state index contributed by atoms with van der Waals surface area (Å²) in [6.07, 6.45) is 6.85. The van der Waals surface area contributed by atoms with Gasteiger partial charge in [-0.15, -0.1) is 0 Å². The lowest BCUT2D eigenvalue weighted by Crippen LogP contribution is -2.31. The fourth-order valence-electron chi connectivity index (χ4n) is 3.01. The molecule has 1 aromatic heterocycles. The molecule has 1 saturated carbocycles. The van der Waals surface area contributed by atoms with Crippen LogP contribution in [0.15, 0.2) is 6.20 Å². The van der Waals surface area contributed by atoms with E-state index in [2.05, 4.69) is 36.0 Å². The molecule has 0 amide bonds. The zero-order chi connectivity index (χ0) is 13.1. The molecule has 1 aliphatic carbocycles. The van der Waals surface area contributed by atoms with E-state index >= 15 is 0 Å². The molecule has 18 heavy (non-hydrogen) atoms. The van der Waals surface area contributed by atoms with E-state index in [4.69, 9.17) is 4.74 Å². The van der Waals surface area contributed by atoms with Crippen molar-refractivity contribution >= 4 is 0 Å². The monoisotopic (exact) mass is 251 g/mol. The quantitative estimate of drug-likeness (QED) is 0.894. The summed E-state index contributed by atoms with van der Waals surface area (Å²) in [4.78, 5) is 0. The molecular weight excluding hydrogens is 226 g/mol. The van der Waals surface area contributed by atoms with Crippen LogP contribution in [0.2, 0.25) is 0 Å². The lowest BCUT2D eigenvalue weighted by molar-refractivity contribution is 0.324. The van der Waals surface area contributed by atoms with Gasteiger partial charge in [0.05, 0.1) is 19.0 Å². The van der Waals surface area contributed by atoms with E-state index in [0.29, 0.717) is 18.0 Å². The van der Waals surface area contributed by atoms with Gasteiger partial charge in [0.15, 0.2) is 5.75 Å². The fourth-order valence-corrected chi connectivity index (χ4v) is 3.01. The number of aromatic nitrogens is 2. The van der Waals surface area contributed by atoms with E-state index in [1.807, 2.05) is 6.20 Å². The van der Waals surface area contributed by atoms with Crippen LogP contribution in [0, 0.1) is 0 Å². The van der Waals surface area contributed by atoms with Crippen molar-refractivity contribution in [1.29, 1.82) is 0 Å². The molecule has 1 aliphatic rings. The van der Waals surface area contributed by atoms with Crippen molar-refractivity contribution in [2.75, 3.05) is 14.2 Å². The second-order valence-corrected chi connectivity index (χ2v) is 5.49. The van der Waals surface area contributed by atoms with Gasteiger partial charge in [-0.1, -0.05) is 6.42 Å². The molecule has 2 rings (SSSR count). The van der Waals surface area contributed by atoms with Gasteiger partial charge in [0.1, 0.15) is 0 Å². The molecule has 0 radical (unpaired) electrons. The summed E-state index contributed by atoms with van der Waals surface area (Å²) in [5, 5.41) is 7.90. The molecule has 4 heteroatoms. The molecular formula is C14H25N3O. The average molecular weight is 251 g/mol. The Hall–Kier alpha value is -1.03. The maximum atomic E-state index is 5.49. The van der Waals surface area contributed by atoms with Crippen molar-refractivity contribution < 1.29 is 4.74 Å². The van der Waals surface area contributed by atoms with E-state index in [9.17, 15) is 0 Å². The van der Waals surface area contributed by atoms with Crippen molar-refractivity contribution in [1.82, 2.24) is 15.1 Å². The summed E-state index contributed by atoms with van der Waals surface area (Å²) >= 11 is 0. The van der Waals surface area contributed by atoms with Gasteiger partial charge in [-0.05, 0) is 40.2 Å². The number of nitrogens with zero attached hydrogens (tertiary/aromatic N) is 2. The van der Waals surface area contributed by atoms with Gasteiger partial charge in [-0.25, -0.2) is 0 Å². The molecule has 2 unspecified atom stereocenters. The summed E-state index contributed by atoms with van der Waals surface area (Å²) in [6, 6.07) is 1.02. The first-order valence-corrected chi connectivity index (χ1v) is 6.96. The summed E-state index contributed by atoms with van der Waals surface area (Å²) in [7, 11) is 3.80. The Bertz CT molecular complexity index is 386. The Morgan fingerprint density at radius 1 is 1.44 bits per heavy atom. The lowest BCUT2D eigenvalue weighted by atomic mass is 9.83. The Labute approximate surface area is 110 Å². The lowest BCUT2D eigenvalue weighted by Gasteiger charge is -2.30. The predicted octanol–water partition coefficient (Wildman–Crippen LogP) is 2.72. The molecule has 0 saturated heterocycles. The van der Waals surface area contributed by atoms with Crippen molar-refractivity contribution in [2.24, 2.45) is 0 Å². The zero-order valence-electron chi connectivity index (χ0n) is 11.9. The van der Waals surface area contributed by atoms with E-state index in [-0.39, 0.29) is 0 Å². The number of ether oxygens (including phenoxy) is 1. The SMILES string of the molecule is CNC1CCCC(c2c(OC)cnn2C(C)C)C1. The van der Waals surface area contributed by atoms with Crippen molar-refractivity contribution in [3.05, 3.63) is 11.9 Å². The predicted molar refractivity (Wildman–Crippen MR) is 73.2 cm³/mol. The summed E-state index contributed by atoms with van der Waals surface area (Å²) < 4.78 is 7.62. The van der Waals surface area contributed by atoms with E-state index in [0.717, 1.165) is 5.75 Å². The number of rotatable bonds is 4. The summed E-state index contributed by atoms with van der Waals surface area (Å²) in [6.45, 7) is 4.35. The van der Waals surface area contributed by atoms with Crippen LogP contribution < -0.4 is 10.1 Å². The average Bonchev–Trinajstić information content (AvgIpc) is 2.82. The number of hydrogen-bond donors (Lipinski definition) is 1. The van der Waals surface area contributed by atoms with Crippen LogP contribution in [-0.4, -0.2) is 30.0 Å². The van der Waals surface area contributed by atoms with Gasteiger partial charge in [0, 0.05) is 18.0 Å². The number of methoxy groups -OCH3 is 1. The fraction of sp³-hybridized carbons (Fsp3) is 0.786. The molecule has 102 valence electrons. The molecule has 0 bridgehead atoms. The maximum absolute atomic E-state index is 5.49. The third kappa shape index (κ3) is 2.53. The molecule has 0 aromatic carbocycles. The first kappa shape index (κ1) is 13.4. The molecule has 0 spiro atoms. The van der Waals surface area contributed by atoms with E-state index in [1.165, 1.54) is 31.4 Å². The number of nitrogens with one attached hydrogen (secondary N) is 1. The Kier molecular flexibility index (Phi) is 4.27. The third-order valence-corrected chi connectivity index (χ3v) is 3.98. The minimum Gasteiger partial charge on any atom is -0.493 e. The van der Waals surface area contributed by atoms with Gasteiger partial charge in [-0.2, -0.15) is 5.10 Å². The normalized spacial score (nSPS) is 24.5. The second kappa shape index (κ2) is 5.74. The van der Waals surface area contributed by atoms with Crippen LogP contribution in [0.3, 0.4) is 0 Å². The van der Waals surface area contributed by atoms with Crippen LogP contribution in [0.5, 0.6) is 5.75 Å². The van der Waals surface area contributed by atoms with Crippen molar-refractivity contribution in [2.45, 2.75) is 57.5 Å². The highest BCUT2D eigenvalue weighted by Gasteiger charge is 2.28. The Balaban J connectivity index is 2.27.